The fourth-order valence-electron chi connectivity index (χ4n) is 3.47. The Morgan fingerprint density at radius 3 is 2.78 bits per heavy atom. The van der Waals surface area contributed by atoms with Gasteiger partial charge in [-0.1, -0.05) is 38.1 Å². The lowest BCUT2D eigenvalue weighted by molar-refractivity contribution is -0.117. The van der Waals surface area contributed by atoms with E-state index in [1.165, 1.54) is 5.56 Å². The average Bonchev–Trinajstić information content (AvgIpc) is 3.00. The molecule has 3 rings (SSSR count). The van der Waals surface area contributed by atoms with E-state index in [-0.39, 0.29) is 11.8 Å². The molecule has 0 saturated heterocycles. The van der Waals surface area contributed by atoms with Crippen molar-refractivity contribution in [3.05, 3.63) is 59.3 Å². The zero-order valence-electron chi connectivity index (χ0n) is 16.3. The minimum atomic E-state index is -0.261. The topological polar surface area (TPSA) is 83.8 Å². The van der Waals surface area contributed by atoms with Gasteiger partial charge in [-0.25, -0.2) is 0 Å². The molecular formula is C22H28N4O. The van der Waals surface area contributed by atoms with Crippen molar-refractivity contribution in [3.8, 4) is 0 Å². The van der Waals surface area contributed by atoms with Crippen LogP contribution in [0.4, 0.5) is 5.69 Å². The summed E-state index contributed by atoms with van der Waals surface area (Å²) in [5.41, 5.74) is 10.7. The van der Waals surface area contributed by atoms with Gasteiger partial charge in [0.25, 0.3) is 0 Å². The summed E-state index contributed by atoms with van der Waals surface area (Å²) in [6.07, 6.45) is 1.62. The zero-order valence-corrected chi connectivity index (χ0v) is 16.3. The molecule has 0 radical (unpaired) electrons. The van der Waals surface area contributed by atoms with Crippen molar-refractivity contribution in [2.24, 2.45) is 11.7 Å². The summed E-state index contributed by atoms with van der Waals surface area (Å²) in [5, 5.41) is 11.3. The van der Waals surface area contributed by atoms with Crippen molar-refractivity contribution in [3.63, 3.8) is 0 Å². The van der Waals surface area contributed by atoms with Gasteiger partial charge in [0.15, 0.2) is 0 Å². The van der Waals surface area contributed by atoms with Gasteiger partial charge in [0.2, 0.25) is 5.91 Å². The van der Waals surface area contributed by atoms with Gasteiger partial charge in [-0.05, 0) is 61.6 Å². The number of hydrogen-bond acceptors (Lipinski definition) is 3. The predicted molar refractivity (Wildman–Crippen MR) is 111 cm³/mol. The molecule has 0 aliphatic rings. The minimum absolute atomic E-state index is 0.0253. The maximum Gasteiger partial charge on any atom is 0.231 e. The van der Waals surface area contributed by atoms with Gasteiger partial charge in [-0.15, -0.1) is 0 Å². The van der Waals surface area contributed by atoms with Crippen LogP contribution in [0.25, 0.3) is 10.9 Å². The van der Waals surface area contributed by atoms with Gasteiger partial charge < -0.3 is 11.1 Å². The quantitative estimate of drug-likeness (QED) is 0.589. The molecule has 5 heteroatoms. The van der Waals surface area contributed by atoms with Gasteiger partial charge >= 0.3 is 0 Å². The Bertz CT molecular complexity index is 929. The van der Waals surface area contributed by atoms with Gasteiger partial charge in [-0.2, -0.15) is 5.10 Å². The van der Waals surface area contributed by atoms with Crippen LogP contribution in [-0.2, 0) is 11.2 Å². The van der Waals surface area contributed by atoms with E-state index in [9.17, 15) is 4.79 Å². The Balaban J connectivity index is 1.83. The molecule has 0 bridgehead atoms. The molecule has 3 aromatic rings. The number of aromatic nitrogens is 2. The maximum atomic E-state index is 13.0. The van der Waals surface area contributed by atoms with Crippen molar-refractivity contribution in [1.29, 1.82) is 0 Å². The van der Waals surface area contributed by atoms with Crippen LogP contribution in [0, 0.1) is 12.8 Å². The molecular weight excluding hydrogens is 336 g/mol. The van der Waals surface area contributed by atoms with Crippen molar-refractivity contribution in [1.82, 2.24) is 10.2 Å². The fraction of sp³-hybridized carbons (Fsp3) is 0.364. The van der Waals surface area contributed by atoms with Crippen LogP contribution >= 0.6 is 0 Å². The second-order valence-corrected chi connectivity index (χ2v) is 7.54. The van der Waals surface area contributed by atoms with Gasteiger partial charge in [0.1, 0.15) is 0 Å². The maximum absolute atomic E-state index is 13.0. The number of amides is 1. The predicted octanol–water partition coefficient (Wildman–Crippen LogP) is 4.14. The van der Waals surface area contributed by atoms with Crippen LogP contribution in [0.1, 0.15) is 43.0 Å². The number of benzene rings is 2. The van der Waals surface area contributed by atoms with Crippen LogP contribution in [-0.4, -0.2) is 22.6 Å². The number of carbonyl (C=O) groups is 1. The Kier molecular flexibility index (Phi) is 5.91. The third kappa shape index (κ3) is 4.55. The first-order valence-corrected chi connectivity index (χ1v) is 9.52. The van der Waals surface area contributed by atoms with Crippen molar-refractivity contribution >= 4 is 22.5 Å². The molecule has 142 valence electrons. The summed E-state index contributed by atoms with van der Waals surface area (Å²) in [7, 11) is 0. The minimum Gasteiger partial charge on any atom is -0.330 e. The smallest absolute Gasteiger partial charge is 0.231 e. The molecule has 1 unspecified atom stereocenters. The average molecular weight is 364 g/mol. The summed E-state index contributed by atoms with van der Waals surface area (Å²) < 4.78 is 0. The molecule has 1 amide bonds. The second kappa shape index (κ2) is 8.35. The van der Waals surface area contributed by atoms with Crippen molar-refractivity contribution < 1.29 is 4.79 Å². The largest absolute Gasteiger partial charge is 0.330 e. The number of anilines is 1. The SMILES string of the molecule is Cc1[nH]nc2ccc(NC(=O)C(CCN)c3cccc(CC(C)C)c3)cc12. The number of rotatable bonds is 7. The Morgan fingerprint density at radius 1 is 1.22 bits per heavy atom. The van der Waals surface area contributed by atoms with Crippen LogP contribution in [0.5, 0.6) is 0 Å². The highest BCUT2D eigenvalue weighted by atomic mass is 16.1. The van der Waals surface area contributed by atoms with E-state index < -0.39 is 0 Å². The molecule has 0 aliphatic carbocycles. The van der Waals surface area contributed by atoms with Crippen LogP contribution in [0.2, 0.25) is 0 Å². The zero-order chi connectivity index (χ0) is 19.4. The number of nitrogens with one attached hydrogen (secondary N) is 2. The molecule has 5 nitrogen and oxygen atoms in total. The number of fused-ring (bicyclic) bond motifs is 1. The van der Waals surface area contributed by atoms with Gasteiger partial charge in [-0.3, -0.25) is 9.89 Å². The van der Waals surface area contributed by atoms with E-state index in [2.05, 4.69) is 41.5 Å². The highest BCUT2D eigenvalue weighted by Gasteiger charge is 2.21. The van der Waals surface area contributed by atoms with Crippen LogP contribution < -0.4 is 11.1 Å². The normalized spacial score (nSPS) is 12.5. The number of H-pyrrole nitrogens is 1. The first-order valence-electron chi connectivity index (χ1n) is 9.52. The van der Waals surface area contributed by atoms with E-state index in [0.717, 1.165) is 34.3 Å². The molecule has 4 N–H and O–H groups in total. The standard InChI is InChI=1S/C22H28N4O/c1-14(2)11-16-5-4-6-17(12-16)19(9-10-23)22(27)24-18-7-8-21-20(13-18)15(3)25-26-21/h4-8,12-14,19H,9-11,23H2,1-3H3,(H,24,27)(H,25,26). The van der Waals surface area contributed by atoms with Gasteiger partial charge in [0.05, 0.1) is 11.4 Å². The van der Waals surface area contributed by atoms with E-state index in [0.29, 0.717) is 18.9 Å². The Labute approximate surface area is 160 Å². The molecule has 0 fully saturated rings. The number of aromatic amines is 1. The summed E-state index contributed by atoms with van der Waals surface area (Å²) >= 11 is 0. The summed E-state index contributed by atoms with van der Waals surface area (Å²) in [6, 6.07) is 14.1. The third-order valence-corrected chi connectivity index (χ3v) is 4.78. The molecule has 2 aromatic carbocycles. The lowest BCUT2D eigenvalue weighted by Crippen LogP contribution is -2.23. The molecule has 1 heterocycles. The highest BCUT2D eigenvalue weighted by molar-refractivity contribution is 5.98. The molecule has 27 heavy (non-hydrogen) atoms. The van der Waals surface area contributed by atoms with Gasteiger partial charge in [0, 0.05) is 16.8 Å². The Hall–Kier alpha value is -2.66. The third-order valence-electron chi connectivity index (χ3n) is 4.78. The number of hydrogen-bond donors (Lipinski definition) is 3. The molecule has 0 spiro atoms. The first kappa shape index (κ1) is 19.1. The molecule has 0 saturated carbocycles. The van der Waals surface area contributed by atoms with Crippen LogP contribution in [0.3, 0.4) is 0 Å². The number of nitrogens with zero attached hydrogens (tertiary/aromatic N) is 1. The van der Waals surface area contributed by atoms with Crippen molar-refractivity contribution in [2.75, 3.05) is 11.9 Å². The molecule has 0 aliphatic heterocycles. The Morgan fingerprint density at radius 2 is 2.04 bits per heavy atom. The monoisotopic (exact) mass is 364 g/mol. The molecule has 1 aromatic heterocycles. The summed E-state index contributed by atoms with van der Waals surface area (Å²) in [6.45, 7) is 6.83. The number of aryl methyl sites for hydroxylation is 1. The highest BCUT2D eigenvalue weighted by Crippen LogP contribution is 2.25. The number of nitrogens with two attached hydrogens (primary N) is 1. The fourth-order valence-corrected chi connectivity index (χ4v) is 3.47. The first-order chi connectivity index (χ1) is 13.0. The summed E-state index contributed by atoms with van der Waals surface area (Å²) in [4.78, 5) is 13.0. The second-order valence-electron chi connectivity index (χ2n) is 7.54. The molecule has 1 atom stereocenters. The van der Waals surface area contributed by atoms with E-state index in [1.54, 1.807) is 0 Å². The van der Waals surface area contributed by atoms with Crippen LogP contribution in [0.15, 0.2) is 42.5 Å². The van der Waals surface area contributed by atoms with E-state index in [4.69, 9.17) is 5.73 Å². The van der Waals surface area contributed by atoms with Crippen molar-refractivity contribution in [2.45, 2.75) is 39.5 Å². The van der Waals surface area contributed by atoms with E-state index >= 15 is 0 Å². The lowest BCUT2D eigenvalue weighted by Gasteiger charge is -2.18. The lowest BCUT2D eigenvalue weighted by atomic mass is 9.91. The van der Waals surface area contributed by atoms with E-state index in [1.807, 2.05) is 37.3 Å². The summed E-state index contributed by atoms with van der Waals surface area (Å²) in [5.74, 6) is 0.290. The number of carbonyl (C=O) groups excluding carboxylic acids is 1.